The molecule has 0 aliphatic heterocycles. The molecule has 5 nitrogen and oxygen atoms in total. The van der Waals surface area contributed by atoms with Gasteiger partial charge in [-0.3, -0.25) is 4.79 Å². The normalized spacial score (nSPS) is 11.9. The molecule has 0 aromatic rings. The first-order valence-electron chi connectivity index (χ1n) is 5.82. The highest BCUT2D eigenvalue weighted by Gasteiger charge is 2.12. The fraction of sp³-hybridized carbons (Fsp3) is 0.667. The van der Waals surface area contributed by atoms with E-state index in [0.29, 0.717) is 0 Å². The molecule has 1 amide bonds. The number of aliphatic carboxylic acids is 1. The quantitative estimate of drug-likeness (QED) is 0.466. The lowest BCUT2D eigenvalue weighted by Crippen LogP contribution is -3.12. The number of hydrogen-bond acceptors (Lipinski definition) is 3. The molecular weight excluding hydrogens is 220 g/mol. The highest BCUT2D eigenvalue weighted by molar-refractivity contribution is 5.87. The van der Waals surface area contributed by atoms with Crippen LogP contribution in [0.25, 0.3) is 0 Å². The van der Waals surface area contributed by atoms with Gasteiger partial charge < -0.3 is 20.1 Å². The van der Waals surface area contributed by atoms with Crippen molar-refractivity contribution in [1.29, 1.82) is 0 Å². The molecule has 1 unspecified atom stereocenters. The first-order valence-corrected chi connectivity index (χ1v) is 5.82. The van der Waals surface area contributed by atoms with E-state index in [9.17, 15) is 14.7 Å². The Balaban J connectivity index is 0. The van der Waals surface area contributed by atoms with Gasteiger partial charge in [-0.1, -0.05) is 19.9 Å². The number of carbonyl (C=O) groups is 2. The zero-order valence-corrected chi connectivity index (χ0v) is 11.4. The van der Waals surface area contributed by atoms with Gasteiger partial charge in [-0.2, -0.15) is 0 Å². The second-order valence-corrected chi connectivity index (χ2v) is 3.77. The fourth-order valence-corrected chi connectivity index (χ4v) is 1.03. The number of quaternary nitrogens is 1. The van der Waals surface area contributed by atoms with E-state index in [1.54, 1.807) is 12.2 Å². The Morgan fingerprint density at radius 2 is 1.82 bits per heavy atom. The van der Waals surface area contributed by atoms with Crippen molar-refractivity contribution in [2.45, 2.75) is 39.8 Å². The largest absolute Gasteiger partial charge is 0.550 e. The Kier molecular flexibility index (Phi) is 11.8. The summed E-state index contributed by atoms with van der Waals surface area (Å²) < 4.78 is 0. The van der Waals surface area contributed by atoms with Crippen LogP contribution in [0.5, 0.6) is 0 Å². The Morgan fingerprint density at radius 3 is 2.06 bits per heavy atom. The van der Waals surface area contributed by atoms with Gasteiger partial charge in [0.05, 0.1) is 14.1 Å². The van der Waals surface area contributed by atoms with Gasteiger partial charge in [-0.05, 0) is 19.4 Å². The maximum Gasteiger partial charge on any atom is 0.248 e. The maximum absolute atomic E-state index is 11.1. The zero-order chi connectivity index (χ0) is 13.8. The van der Waals surface area contributed by atoms with Crippen LogP contribution in [0, 0.1) is 0 Å². The molecular formula is C12H24N2O3. The first kappa shape index (κ1) is 18.0. The van der Waals surface area contributed by atoms with Gasteiger partial charge in [0.25, 0.3) is 0 Å². The third kappa shape index (κ3) is 12.6. The molecule has 0 aliphatic rings. The molecule has 2 N–H and O–H groups in total. The summed E-state index contributed by atoms with van der Waals surface area (Å²) in [4.78, 5) is 21.6. The SMILES string of the molecule is C/C=C/C(=O)NC(CC)[NH+](C)C.CCC(=O)[O-]. The number of carboxylic acid groups (broad SMARTS) is 1. The van der Waals surface area contributed by atoms with Gasteiger partial charge in [0.1, 0.15) is 0 Å². The van der Waals surface area contributed by atoms with Gasteiger partial charge in [-0.15, -0.1) is 0 Å². The minimum Gasteiger partial charge on any atom is -0.550 e. The number of amides is 1. The molecule has 5 heteroatoms. The van der Waals surface area contributed by atoms with Crippen LogP contribution in [0.15, 0.2) is 12.2 Å². The van der Waals surface area contributed by atoms with Crippen molar-refractivity contribution < 1.29 is 19.6 Å². The minimum absolute atomic E-state index is 0.00875. The summed E-state index contributed by atoms with van der Waals surface area (Å²) in [6.45, 7) is 5.44. The molecule has 0 aromatic heterocycles. The van der Waals surface area contributed by atoms with Crippen molar-refractivity contribution >= 4 is 11.9 Å². The van der Waals surface area contributed by atoms with Crippen molar-refractivity contribution in [1.82, 2.24) is 5.32 Å². The highest BCUT2D eigenvalue weighted by Crippen LogP contribution is 1.80. The second-order valence-electron chi connectivity index (χ2n) is 3.77. The third-order valence-electron chi connectivity index (χ3n) is 2.03. The summed E-state index contributed by atoms with van der Waals surface area (Å²) in [7, 11) is 4.06. The summed E-state index contributed by atoms with van der Waals surface area (Å²) in [5.41, 5.74) is 0. The van der Waals surface area contributed by atoms with Crippen molar-refractivity contribution in [2.24, 2.45) is 0 Å². The molecule has 1 atom stereocenters. The Labute approximate surface area is 103 Å². The highest BCUT2D eigenvalue weighted by atomic mass is 16.4. The van der Waals surface area contributed by atoms with Crippen LogP contribution < -0.4 is 15.3 Å². The molecule has 0 spiro atoms. The number of rotatable bonds is 5. The summed E-state index contributed by atoms with van der Waals surface area (Å²) in [5.74, 6) is -1.00. The van der Waals surface area contributed by atoms with Crippen LogP contribution in [0.4, 0.5) is 0 Å². The molecule has 0 radical (unpaired) electrons. The molecule has 17 heavy (non-hydrogen) atoms. The molecule has 0 saturated heterocycles. The Bertz CT molecular complexity index is 250. The molecule has 0 heterocycles. The van der Waals surface area contributed by atoms with Crippen molar-refractivity contribution in [3.05, 3.63) is 12.2 Å². The number of carbonyl (C=O) groups excluding carboxylic acids is 2. The summed E-state index contributed by atoms with van der Waals surface area (Å²) >= 11 is 0. The molecule has 0 aliphatic carbocycles. The second kappa shape index (κ2) is 11.1. The van der Waals surface area contributed by atoms with E-state index in [2.05, 4.69) is 12.2 Å². The molecule has 0 bridgehead atoms. The fourth-order valence-electron chi connectivity index (χ4n) is 1.03. The molecule has 0 fully saturated rings. The van der Waals surface area contributed by atoms with Crippen molar-refractivity contribution in [2.75, 3.05) is 14.1 Å². The van der Waals surface area contributed by atoms with Gasteiger partial charge in [-0.25, -0.2) is 0 Å². The lowest BCUT2D eigenvalue weighted by atomic mass is 10.3. The van der Waals surface area contributed by atoms with Crippen LogP contribution in [-0.2, 0) is 9.59 Å². The number of allylic oxidation sites excluding steroid dienone is 1. The predicted octanol–water partition coefficient (Wildman–Crippen LogP) is -1.29. The lowest BCUT2D eigenvalue weighted by molar-refractivity contribution is -0.888. The van der Waals surface area contributed by atoms with Crippen LogP contribution in [0.1, 0.15) is 33.6 Å². The first-order chi connectivity index (χ1) is 7.88. The van der Waals surface area contributed by atoms with E-state index in [-0.39, 0.29) is 18.5 Å². The smallest absolute Gasteiger partial charge is 0.248 e. The van der Waals surface area contributed by atoms with Gasteiger partial charge in [0.2, 0.25) is 5.91 Å². The number of carboxylic acids is 1. The van der Waals surface area contributed by atoms with Crippen LogP contribution in [0.2, 0.25) is 0 Å². The minimum atomic E-state index is -0.995. The molecule has 0 saturated carbocycles. The number of hydrogen-bond donors (Lipinski definition) is 2. The number of nitrogens with one attached hydrogen (secondary N) is 2. The van der Waals surface area contributed by atoms with Crippen molar-refractivity contribution in [3.63, 3.8) is 0 Å². The topological polar surface area (TPSA) is 73.7 Å². The summed E-state index contributed by atoms with van der Waals surface area (Å²) in [6.07, 6.45) is 4.57. The monoisotopic (exact) mass is 244 g/mol. The maximum atomic E-state index is 11.1. The van der Waals surface area contributed by atoms with E-state index in [0.717, 1.165) is 6.42 Å². The van der Waals surface area contributed by atoms with E-state index >= 15 is 0 Å². The standard InChI is InChI=1S/C9H18N2O.C3H6O2/c1-5-7-9(12)10-8(6-2)11(3)4;1-2-3(4)5/h5,7-8H,6H2,1-4H3,(H,10,12);2H2,1H3,(H,4,5)/b7-5+;. The Morgan fingerprint density at radius 1 is 1.35 bits per heavy atom. The van der Waals surface area contributed by atoms with Crippen molar-refractivity contribution in [3.8, 4) is 0 Å². The lowest BCUT2D eigenvalue weighted by Gasteiger charge is -2.19. The van der Waals surface area contributed by atoms with E-state index < -0.39 is 5.97 Å². The molecule has 100 valence electrons. The molecule has 0 aromatic carbocycles. The van der Waals surface area contributed by atoms with Gasteiger partial charge in [0, 0.05) is 12.4 Å². The van der Waals surface area contributed by atoms with Crippen LogP contribution in [-0.4, -0.2) is 32.1 Å². The Hall–Kier alpha value is -1.36. The van der Waals surface area contributed by atoms with E-state index in [4.69, 9.17) is 0 Å². The molecule has 0 rings (SSSR count). The van der Waals surface area contributed by atoms with Crippen LogP contribution in [0.3, 0.4) is 0 Å². The summed E-state index contributed by atoms with van der Waals surface area (Å²) in [6, 6.07) is 0. The average molecular weight is 244 g/mol. The van der Waals surface area contributed by atoms with Gasteiger partial charge >= 0.3 is 0 Å². The van der Waals surface area contributed by atoms with Crippen LogP contribution >= 0.6 is 0 Å². The van der Waals surface area contributed by atoms with E-state index in [1.165, 1.54) is 11.8 Å². The third-order valence-corrected chi connectivity index (χ3v) is 2.03. The average Bonchev–Trinajstić information content (AvgIpc) is 2.26. The predicted molar refractivity (Wildman–Crippen MR) is 65.1 cm³/mol. The summed E-state index contributed by atoms with van der Waals surface area (Å²) in [5, 5.41) is 12.2. The van der Waals surface area contributed by atoms with E-state index in [1.807, 2.05) is 21.0 Å². The zero-order valence-electron chi connectivity index (χ0n) is 11.4. The van der Waals surface area contributed by atoms with Gasteiger partial charge in [0.15, 0.2) is 6.17 Å².